The van der Waals surface area contributed by atoms with Crippen LogP contribution in [0.3, 0.4) is 0 Å². The summed E-state index contributed by atoms with van der Waals surface area (Å²) in [6, 6.07) is 2.18. The molecule has 0 saturated heterocycles. The molecule has 0 bridgehead atoms. The van der Waals surface area contributed by atoms with Crippen LogP contribution in [0.4, 0.5) is 13.2 Å². The van der Waals surface area contributed by atoms with Gasteiger partial charge in [-0.05, 0) is 32.9 Å². The predicted octanol–water partition coefficient (Wildman–Crippen LogP) is 3.35. The fraction of sp³-hybridized carbons (Fsp3) is 0.500. The van der Waals surface area contributed by atoms with Crippen LogP contribution in [0.25, 0.3) is 0 Å². The second kappa shape index (κ2) is 10.3. The quantitative estimate of drug-likeness (QED) is 0.393. The van der Waals surface area contributed by atoms with Gasteiger partial charge in [-0.2, -0.15) is 13.2 Å². The van der Waals surface area contributed by atoms with Gasteiger partial charge in [-0.25, -0.2) is 9.97 Å². The lowest BCUT2D eigenvalue weighted by Gasteiger charge is -2.14. The summed E-state index contributed by atoms with van der Waals surface area (Å²) in [7, 11) is 0. The third kappa shape index (κ3) is 6.66. The monoisotopic (exact) mass is 415 g/mol. The van der Waals surface area contributed by atoms with Crippen LogP contribution in [0, 0.1) is 13.8 Å². The zero-order valence-electron chi connectivity index (χ0n) is 16.1. The van der Waals surface area contributed by atoms with Gasteiger partial charge in [-0.15, -0.1) is 11.3 Å². The molecule has 2 rings (SSSR count). The first-order valence-electron chi connectivity index (χ1n) is 8.91. The van der Waals surface area contributed by atoms with Gasteiger partial charge < -0.3 is 15.4 Å². The lowest BCUT2D eigenvalue weighted by atomic mass is 10.2. The van der Waals surface area contributed by atoms with E-state index in [2.05, 4.69) is 25.6 Å². The number of aryl methyl sites for hydroxylation is 2. The van der Waals surface area contributed by atoms with Crippen molar-refractivity contribution in [3.8, 4) is 5.88 Å². The molecule has 154 valence electrons. The predicted molar refractivity (Wildman–Crippen MR) is 104 cm³/mol. The Balaban J connectivity index is 1.83. The molecule has 0 fully saturated rings. The molecule has 28 heavy (non-hydrogen) atoms. The highest BCUT2D eigenvalue weighted by atomic mass is 32.1. The number of alkyl halides is 3. The Bertz CT molecular complexity index is 772. The van der Waals surface area contributed by atoms with E-state index in [0.29, 0.717) is 19.0 Å². The smallest absolute Gasteiger partial charge is 0.421 e. The Hall–Kier alpha value is -2.36. The van der Waals surface area contributed by atoms with Crippen LogP contribution < -0.4 is 15.4 Å². The Morgan fingerprint density at radius 2 is 2.07 bits per heavy atom. The molecule has 2 heterocycles. The van der Waals surface area contributed by atoms with Crippen LogP contribution in [0.5, 0.6) is 5.88 Å². The number of pyridine rings is 1. The zero-order valence-corrected chi connectivity index (χ0v) is 16.9. The molecule has 2 aromatic rings. The number of guanidine groups is 1. The van der Waals surface area contributed by atoms with Gasteiger partial charge in [0.15, 0.2) is 5.96 Å². The molecule has 0 aliphatic rings. The highest BCUT2D eigenvalue weighted by molar-refractivity contribution is 7.11. The molecule has 0 unspecified atom stereocenters. The van der Waals surface area contributed by atoms with Crippen LogP contribution in [-0.2, 0) is 12.6 Å². The number of hydrogen-bond donors (Lipinski definition) is 2. The van der Waals surface area contributed by atoms with E-state index in [1.807, 2.05) is 20.8 Å². The van der Waals surface area contributed by atoms with E-state index in [1.165, 1.54) is 17.1 Å². The SMILES string of the molecule is CCNC(=NCCc1nc(C)c(C)s1)NCCOc1ncccc1C(F)(F)F. The summed E-state index contributed by atoms with van der Waals surface area (Å²) in [5.41, 5.74) is 0.156. The van der Waals surface area contributed by atoms with E-state index in [4.69, 9.17) is 4.74 Å². The second-order valence-corrected chi connectivity index (χ2v) is 7.18. The normalized spacial score (nSPS) is 12.1. The summed E-state index contributed by atoms with van der Waals surface area (Å²) in [5.74, 6) is 0.154. The molecule has 0 radical (unpaired) electrons. The average Bonchev–Trinajstić information content (AvgIpc) is 2.96. The van der Waals surface area contributed by atoms with Gasteiger partial charge in [-0.1, -0.05) is 0 Å². The average molecular weight is 415 g/mol. The molecular weight excluding hydrogens is 391 g/mol. The number of rotatable bonds is 8. The van der Waals surface area contributed by atoms with Crippen LogP contribution in [0.1, 0.15) is 28.1 Å². The topological polar surface area (TPSA) is 71.4 Å². The fourth-order valence-corrected chi connectivity index (χ4v) is 3.21. The van der Waals surface area contributed by atoms with Crippen LogP contribution >= 0.6 is 11.3 Å². The van der Waals surface area contributed by atoms with E-state index < -0.39 is 17.6 Å². The van der Waals surface area contributed by atoms with E-state index >= 15 is 0 Å². The Morgan fingerprint density at radius 1 is 1.29 bits per heavy atom. The third-order valence-corrected chi connectivity index (χ3v) is 4.86. The standard InChI is InChI=1S/C18H24F3N5OS/c1-4-22-17(24-9-7-15-26-12(2)13(3)28-15)25-10-11-27-16-14(18(19,20)21)6-5-8-23-16/h5-6,8H,4,7,9-11H2,1-3H3,(H2,22,24,25). The molecular formula is C18H24F3N5OS. The van der Waals surface area contributed by atoms with Gasteiger partial charge in [0.2, 0.25) is 5.88 Å². The van der Waals surface area contributed by atoms with Crippen LogP contribution in [0.15, 0.2) is 23.3 Å². The number of thiazole rings is 1. The van der Waals surface area contributed by atoms with Crippen molar-refractivity contribution in [2.24, 2.45) is 4.99 Å². The molecule has 6 nitrogen and oxygen atoms in total. The van der Waals surface area contributed by atoms with Crippen molar-refractivity contribution in [2.45, 2.75) is 33.4 Å². The summed E-state index contributed by atoms with van der Waals surface area (Å²) in [5, 5.41) is 7.17. The van der Waals surface area contributed by atoms with Crippen molar-refractivity contribution in [1.29, 1.82) is 0 Å². The molecule has 0 saturated carbocycles. The minimum Gasteiger partial charge on any atom is -0.475 e. The third-order valence-electron chi connectivity index (χ3n) is 3.72. The van der Waals surface area contributed by atoms with Crippen molar-refractivity contribution < 1.29 is 17.9 Å². The van der Waals surface area contributed by atoms with Gasteiger partial charge in [0, 0.05) is 30.6 Å². The van der Waals surface area contributed by atoms with E-state index in [9.17, 15) is 13.2 Å². The van der Waals surface area contributed by atoms with Gasteiger partial charge in [0.1, 0.15) is 12.2 Å². The summed E-state index contributed by atoms with van der Waals surface area (Å²) in [6.07, 6.45) is -2.50. The Labute approximate surface area is 166 Å². The molecule has 2 N–H and O–H groups in total. The number of aromatic nitrogens is 2. The maximum absolute atomic E-state index is 12.9. The number of halogens is 3. The van der Waals surface area contributed by atoms with Crippen molar-refractivity contribution in [3.63, 3.8) is 0 Å². The lowest BCUT2D eigenvalue weighted by Crippen LogP contribution is -2.39. The summed E-state index contributed by atoms with van der Waals surface area (Å²) in [4.78, 5) is 13.8. The minimum absolute atomic E-state index is 0.0232. The van der Waals surface area contributed by atoms with Gasteiger partial charge in [-0.3, -0.25) is 4.99 Å². The minimum atomic E-state index is -4.50. The van der Waals surface area contributed by atoms with E-state index in [0.717, 1.165) is 23.2 Å². The first-order valence-corrected chi connectivity index (χ1v) is 9.73. The van der Waals surface area contributed by atoms with Crippen molar-refractivity contribution in [1.82, 2.24) is 20.6 Å². The van der Waals surface area contributed by atoms with Crippen molar-refractivity contribution in [2.75, 3.05) is 26.2 Å². The molecule has 0 aromatic carbocycles. The molecule has 0 amide bonds. The largest absolute Gasteiger partial charge is 0.475 e. The zero-order chi connectivity index (χ0) is 20.6. The van der Waals surface area contributed by atoms with Crippen LogP contribution in [0.2, 0.25) is 0 Å². The molecule has 0 atom stereocenters. The lowest BCUT2D eigenvalue weighted by molar-refractivity contribution is -0.139. The second-order valence-electron chi connectivity index (χ2n) is 5.89. The molecule has 2 aromatic heterocycles. The number of hydrogen-bond acceptors (Lipinski definition) is 5. The summed E-state index contributed by atoms with van der Waals surface area (Å²) < 4.78 is 44.0. The van der Waals surface area contributed by atoms with E-state index in [-0.39, 0.29) is 13.2 Å². The van der Waals surface area contributed by atoms with E-state index in [1.54, 1.807) is 11.3 Å². The number of ether oxygens (including phenoxy) is 1. The van der Waals surface area contributed by atoms with Gasteiger partial charge in [0.25, 0.3) is 0 Å². The summed E-state index contributed by atoms with van der Waals surface area (Å²) in [6.45, 7) is 7.49. The van der Waals surface area contributed by atoms with Gasteiger partial charge in [0.05, 0.1) is 17.2 Å². The fourth-order valence-electron chi connectivity index (χ4n) is 2.29. The highest BCUT2D eigenvalue weighted by Gasteiger charge is 2.34. The Morgan fingerprint density at radius 3 is 2.71 bits per heavy atom. The van der Waals surface area contributed by atoms with Crippen molar-refractivity contribution in [3.05, 3.63) is 39.5 Å². The molecule has 0 aliphatic carbocycles. The van der Waals surface area contributed by atoms with Gasteiger partial charge >= 0.3 is 6.18 Å². The highest BCUT2D eigenvalue weighted by Crippen LogP contribution is 2.34. The van der Waals surface area contributed by atoms with Crippen LogP contribution in [-0.4, -0.2) is 42.2 Å². The maximum atomic E-state index is 12.9. The first kappa shape index (κ1) is 21.9. The number of nitrogens with one attached hydrogen (secondary N) is 2. The molecule has 0 spiro atoms. The first-order chi connectivity index (χ1) is 13.3. The summed E-state index contributed by atoms with van der Waals surface area (Å²) >= 11 is 1.66. The van der Waals surface area contributed by atoms with Crippen molar-refractivity contribution >= 4 is 17.3 Å². The Kier molecular flexibility index (Phi) is 8.04. The molecule has 10 heteroatoms. The number of nitrogens with zero attached hydrogens (tertiary/aromatic N) is 3. The maximum Gasteiger partial charge on any atom is 0.421 e. The number of aliphatic imine (C=N–C) groups is 1. The molecule has 0 aliphatic heterocycles.